The fraction of sp³-hybridized carbons (Fsp3) is 0.564. The third-order valence-corrected chi connectivity index (χ3v) is 8.86. The highest BCUT2D eigenvalue weighted by molar-refractivity contribution is 5.98. The van der Waals surface area contributed by atoms with Gasteiger partial charge in [0.1, 0.15) is 12.1 Å². The van der Waals surface area contributed by atoms with Crippen molar-refractivity contribution in [3.8, 4) is 0 Å². The van der Waals surface area contributed by atoms with E-state index in [1.807, 2.05) is 71.9 Å². The first-order valence-corrected chi connectivity index (χ1v) is 18.0. The lowest BCUT2D eigenvalue weighted by molar-refractivity contribution is -0.137. The molecule has 1 aromatic carbocycles. The average Bonchev–Trinajstić information content (AvgIpc) is 3.03. The van der Waals surface area contributed by atoms with Crippen LogP contribution in [0.4, 0.5) is 0 Å². The molecule has 3 rings (SSSR count). The molecule has 0 radical (unpaired) electrons. The van der Waals surface area contributed by atoms with Gasteiger partial charge in [0.05, 0.1) is 6.54 Å². The van der Waals surface area contributed by atoms with Crippen molar-refractivity contribution in [3.05, 3.63) is 77.3 Å². The standard InChI is InChI=1S/C39H59N7O4/c1-9-41-37(49)34(26(2)3)45-35(29-16-13-17-29)27(4)42-24-31(22-28-14-11-10-12-15-28)43-33(47)25-46(8)38(50)32(23-39(5,6)7)44-36(48)30-18-20-40-21-19-30/h10-12,14-15,18-21,26-27,31-32,34,42,45H,9,13,16-17,22-25H2,1-8H3,(H,41,49)(H,43,47)(H,44,48)/t27-,31?,32?,34?/m0/s1. The van der Waals surface area contributed by atoms with Gasteiger partial charge in [-0.15, -0.1) is 0 Å². The molecule has 0 aliphatic heterocycles. The van der Waals surface area contributed by atoms with E-state index in [0.29, 0.717) is 31.5 Å². The van der Waals surface area contributed by atoms with Crippen LogP contribution in [0, 0.1) is 11.3 Å². The number of carbonyl (C=O) groups excluding carboxylic acids is 4. The molecule has 2 aromatic rings. The number of nitrogens with one attached hydrogen (secondary N) is 5. The summed E-state index contributed by atoms with van der Waals surface area (Å²) in [5.41, 5.74) is 3.61. The van der Waals surface area contributed by atoms with Crippen LogP contribution in [-0.2, 0) is 20.8 Å². The van der Waals surface area contributed by atoms with Gasteiger partial charge in [-0.1, -0.05) is 65.0 Å². The minimum absolute atomic E-state index is 0.0123. The Hall–Kier alpha value is -4.25. The molecule has 11 nitrogen and oxygen atoms in total. The average molecular weight is 690 g/mol. The van der Waals surface area contributed by atoms with E-state index in [0.717, 1.165) is 30.5 Å². The van der Waals surface area contributed by atoms with E-state index in [4.69, 9.17) is 0 Å². The van der Waals surface area contributed by atoms with Crippen LogP contribution >= 0.6 is 0 Å². The van der Waals surface area contributed by atoms with Gasteiger partial charge in [-0.3, -0.25) is 24.2 Å². The maximum absolute atomic E-state index is 13.7. The molecule has 0 spiro atoms. The van der Waals surface area contributed by atoms with Gasteiger partial charge in [0.15, 0.2) is 0 Å². The van der Waals surface area contributed by atoms with Crippen molar-refractivity contribution in [2.45, 2.75) is 105 Å². The molecule has 0 bridgehead atoms. The van der Waals surface area contributed by atoms with Crippen molar-refractivity contribution < 1.29 is 19.2 Å². The molecule has 1 fully saturated rings. The normalized spacial score (nSPS) is 15.2. The van der Waals surface area contributed by atoms with Gasteiger partial charge in [-0.2, -0.15) is 0 Å². The number of allylic oxidation sites excluding steroid dienone is 1. The van der Waals surface area contributed by atoms with E-state index in [1.54, 1.807) is 19.2 Å². The lowest BCUT2D eigenvalue weighted by Gasteiger charge is -2.33. The summed E-state index contributed by atoms with van der Waals surface area (Å²) in [6.45, 7) is 15.0. The van der Waals surface area contributed by atoms with Crippen molar-refractivity contribution >= 4 is 23.6 Å². The second-order valence-corrected chi connectivity index (χ2v) is 14.9. The Morgan fingerprint density at radius 2 is 1.58 bits per heavy atom. The number of nitrogens with zero attached hydrogens (tertiary/aromatic N) is 2. The van der Waals surface area contributed by atoms with E-state index in [9.17, 15) is 19.2 Å². The van der Waals surface area contributed by atoms with Crippen LogP contribution in [0.2, 0.25) is 0 Å². The minimum Gasteiger partial charge on any atom is -0.376 e. The maximum atomic E-state index is 13.7. The van der Waals surface area contributed by atoms with Gasteiger partial charge < -0.3 is 31.5 Å². The number of carbonyl (C=O) groups is 4. The summed E-state index contributed by atoms with van der Waals surface area (Å²) >= 11 is 0. The summed E-state index contributed by atoms with van der Waals surface area (Å²) in [6, 6.07) is 11.6. The molecule has 1 aliphatic rings. The predicted octanol–water partition coefficient (Wildman–Crippen LogP) is 3.97. The highest BCUT2D eigenvalue weighted by Gasteiger charge is 2.31. The molecular weight excluding hydrogens is 630 g/mol. The highest BCUT2D eigenvalue weighted by Crippen LogP contribution is 2.30. The van der Waals surface area contributed by atoms with Crippen LogP contribution in [0.5, 0.6) is 0 Å². The Kier molecular flexibility index (Phi) is 15.4. The molecule has 50 heavy (non-hydrogen) atoms. The number of rotatable bonds is 18. The fourth-order valence-corrected chi connectivity index (χ4v) is 6.03. The molecule has 3 unspecified atom stereocenters. The zero-order valence-electron chi connectivity index (χ0n) is 31.3. The van der Waals surface area contributed by atoms with Crippen molar-refractivity contribution in [3.63, 3.8) is 0 Å². The summed E-state index contributed by atoms with van der Waals surface area (Å²) in [6.07, 6.45) is 7.18. The van der Waals surface area contributed by atoms with E-state index in [1.165, 1.54) is 22.9 Å². The molecule has 11 heteroatoms. The molecule has 4 amide bonds. The van der Waals surface area contributed by atoms with Crippen molar-refractivity contribution in [1.29, 1.82) is 0 Å². The van der Waals surface area contributed by atoms with Gasteiger partial charge >= 0.3 is 0 Å². The zero-order chi connectivity index (χ0) is 36.8. The first kappa shape index (κ1) is 40.2. The van der Waals surface area contributed by atoms with E-state index < -0.39 is 6.04 Å². The number of pyridine rings is 1. The molecule has 1 heterocycles. The largest absolute Gasteiger partial charge is 0.376 e. The zero-order valence-corrected chi connectivity index (χ0v) is 31.3. The molecular formula is C39H59N7O4. The smallest absolute Gasteiger partial charge is 0.252 e. The molecule has 274 valence electrons. The van der Waals surface area contributed by atoms with Crippen LogP contribution in [-0.4, -0.2) is 84.4 Å². The van der Waals surface area contributed by atoms with Gasteiger partial charge in [-0.25, -0.2) is 0 Å². The third kappa shape index (κ3) is 12.9. The van der Waals surface area contributed by atoms with E-state index in [-0.39, 0.29) is 59.6 Å². The second-order valence-electron chi connectivity index (χ2n) is 14.9. The minimum atomic E-state index is -0.810. The number of hydrogen-bond donors (Lipinski definition) is 5. The van der Waals surface area contributed by atoms with Crippen LogP contribution in [0.1, 0.15) is 90.1 Å². The van der Waals surface area contributed by atoms with Crippen molar-refractivity contribution in [2.24, 2.45) is 11.3 Å². The van der Waals surface area contributed by atoms with Crippen molar-refractivity contribution in [2.75, 3.05) is 26.7 Å². The number of likely N-dealkylation sites (N-methyl/N-ethyl adjacent to an activating group) is 2. The van der Waals surface area contributed by atoms with Gasteiger partial charge in [0.25, 0.3) is 5.91 Å². The number of amides is 4. The Bertz CT molecular complexity index is 1430. The topological polar surface area (TPSA) is 145 Å². The molecule has 4 atom stereocenters. The van der Waals surface area contributed by atoms with E-state index >= 15 is 0 Å². The molecule has 0 saturated heterocycles. The Morgan fingerprint density at radius 3 is 2.14 bits per heavy atom. The predicted molar refractivity (Wildman–Crippen MR) is 198 cm³/mol. The van der Waals surface area contributed by atoms with Crippen molar-refractivity contribution in [1.82, 2.24) is 36.5 Å². The monoisotopic (exact) mass is 689 g/mol. The first-order chi connectivity index (χ1) is 23.7. The molecule has 1 aliphatic carbocycles. The summed E-state index contributed by atoms with van der Waals surface area (Å²) in [5, 5.41) is 16.2. The molecule has 1 aromatic heterocycles. The van der Waals surface area contributed by atoms with Crippen LogP contribution in [0.15, 0.2) is 66.1 Å². The lowest BCUT2D eigenvalue weighted by atomic mass is 9.87. The summed E-state index contributed by atoms with van der Waals surface area (Å²) in [4.78, 5) is 58.4. The third-order valence-electron chi connectivity index (χ3n) is 8.86. The molecule has 1 saturated carbocycles. The SMILES string of the molecule is CCNC(=O)C(NC(=C1CCC1)[C@H](C)NCC(Cc1ccccc1)NC(=O)CN(C)C(=O)C(CC(C)(C)C)NC(=O)c1ccncc1)C(C)C. The first-order valence-electron chi connectivity index (χ1n) is 18.0. The summed E-state index contributed by atoms with van der Waals surface area (Å²) in [7, 11) is 1.59. The Morgan fingerprint density at radius 1 is 0.920 bits per heavy atom. The van der Waals surface area contributed by atoms with Gasteiger partial charge in [0, 0.05) is 55.9 Å². The number of aromatic nitrogens is 1. The van der Waals surface area contributed by atoms with Crippen LogP contribution in [0.25, 0.3) is 0 Å². The fourth-order valence-electron chi connectivity index (χ4n) is 6.03. The lowest BCUT2D eigenvalue weighted by Crippen LogP contribution is -2.54. The number of benzene rings is 1. The Balaban J connectivity index is 1.71. The van der Waals surface area contributed by atoms with Gasteiger partial charge in [0.2, 0.25) is 17.7 Å². The van der Waals surface area contributed by atoms with E-state index in [2.05, 4.69) is 38.5 Å². The van der Waals surface area contributed by atoms with Crippen LogP contribution in [0.3, 0.4) is 0 Å². The van der Waals surface area contributed by atoms with Gasteiger partial charge in [-0.05, 0) is 80.6 Å². The summed E-state index contributed by atoms with van der Waals surface area (Å²) < 4.78 is 0. The second kappa shape index (κ2) is 19.2. The quantitative estimate of drug-likeness (QED) is 0.159. The maximum Gasteiger partial charge on any atom is 0.252 e. The number of hydrogen-bond acceptors (Lipinski definition) is 7. The highest BCUT2D eigenvalue weighted by atomic mass is 16.2. The van der Waals surface area contributed by atoms with Crippen LogP contribution < -0.4 is 26.6 Å². The summed E-state index contributed by atoms with van der Waals surface area (Å²) in [5.74, 6) is -0.910. The Labute approximate surface area is 298 Å². The molecule has 5 N–H and O–H groups in total.